The molecule has 0 radical (unpaired) electrons. The summed E-state index contributed by atoms with van der Waals surface area (Å²) in [5.41, 5.74) is 1.19. The summed E-state index contributed by atoms with van der Waals surface area (Å²) in [6.45, 7) is 13.7. The van der Waals surface area contributed by atoms with Crippen LogP contribution in [0.2, 0.25) is 0 Å². The Morgan fingerprint density at radius 1 is 1.35 bits per heavy atom. The van der Waals surface area contributed by atoms with Crippen molar-refractivity contribution >= 4 is 11.5 Å². The van der Waals surface area contributed by atoms with E-state index in [1.807, 2.05) is 0 Å². The lowest BCUT2D eigenvalue weighted by atomic mass is 9.91. The molecule has 0 saturated heterocycles. The van der Waals surface area contributed by atoms with E-state index in [-0.39, 0.29) is 5.41 Å². The standard InChI is InChI=1S/C12H24N4S/c1-6-13-7-9(2)14-8-10-11(12(3,4)5)15-16-17-10/h9,13-14H,6-8H2,1-5H3. The van der Waals surface area contributed by atoms with Crippen LogP contribution in [0.15, 0.2) is 0 Å². The molecule has 0 aromatic carbocycles. The van der Waals surface area contributed by atoms with Crippen LogP contribution >= 0.6 is 11.5 Å². The first-order valence-corrected chi connectivity index (χ1v) is 6.98. The third-order valence-electron chi connectivity index (χ3n) is 2.58. The smallest absolute Gasteiger partial charge is 0.0854 e. The average molecular weight is 256 g/mol. The molecule has 1 atom stereocenters. The van der Waals surface area contributed by atoms with E-state index in [4.69, 9.17) is 0 Å². The molecule has 98 valence electrons. The fourth-order valence-corrected chi connectivity index (χ4v) is 2.40. The molecule has 0 fully saturated rings. The van der Waals surface area contributed by atoms with Crippen LogP contribution < -0.4 is 10.6 Å². The van der Waals surface area contributed by atoms with Crippen LogP contribution in [0.5, 0.6) is 0 Å². The van der Waals surface area contributed by atoms with Crippen molar-refractivity contribution in [3.8, 4) is 0 Å². The van der Waals surface area contributed by atoms with E-state index in [1.54, 1.807) is 0 Å². The summed E-state index contributed by atoms with van der Waals surface area (Å²) in [5.74, 6) is 0. The lowest BCUT2D eigenvalue weighted by Gasteiger charge is -2.18. The van der Waals surface area contributed by atoms with Gasteiger partial charge in [0.25, 0.3) is 0 Å². The third kappa shape index (κ3) is 4.69. The van der Waals surface area contributed by atoms with Crippen LogP contribution in [0.25, 0.3) is 0 Å². The highest BCUT2D eigenvalue weighted by Gasteiger charge is 2.22. The molecule has 0 aliphatic rings. The Bertz CT molecular complexity index is 329. The van der Waals surface area contributed by atoms with Gasteiger partial charge in [-0.25, -0.2) is 0 Å². The van der Waals surface area contributed by atoms with E-state index in [0.29, 0.717) is 6.04 Å². The summed E-state index contributed by atoms with van der Waals surface area (Å²) < 4.78 is 4.06. The second kappa shape index (κ2) is 6.42. The van der Waals surface area contributed by atoms with Crippen molar-refractivity contribution in [2.75, 3.05) is 13.1 Å². The highest BCUT2D eigenvalue weighted by Crippen LogP contribution is 2.25. The van der Waals surface area contributed by atoms with E-state index in [9.17, 15) is 0 Å². The highest BCUT2D eigenvalue weighted by atomic mass is 32.1. The van der Waals surface area contributed by atoms with Gasteiger partial charge in [-0.3, -0.25) is 0 Å². The molecule has 17 heavy (non-hydrogen) atoms. The molecular formula is C12H24N4S. The lowest BCUT2D eigenvalue weighted by Crippen LogP contribution is -2.36. The third-order valence-corrected chi connectivity index (χ3v) is 3.30. The van der Waals surface area contributed by atoms with Gasteiger partial charge in [-0.05, 0) is 25.0 Å². The number of likely N-dealkylation sites (N-methyl/N-ethyl adjacent to an activating group) is 1. The normalized spacial score (nSPS) is 13.9. The molecule has 5 heteroatoms. The van der Waals surface area contributed by atoms with Crippen LogP contribution in [0.3, 0.4) is 0 Å². The second-order valence-corrected chi connectivity index (χ2v) is 6.22. The second-order valence-electron chi connectivity index (χ2n) is 5.38. The maximum absolute atomic E-state index is 4.24. The zero-order valence-electron chi connectivity index (χ0n) is 11.5. The molecule has 0 bridgehead atoms. The number of nitrogens with zero attached hydrogens (tertiary/aromatic N) is 2. The minimum absolute atomic E-state index is 0.0783. The van der Waals surface area contributed by atoms with Gasteiger partial charge >= 0.3 is 0 Å². The molecule has 0 aliphatic carbocycles. The molecule has 1 heterocycles. The highest BCUT2D eigenvalue weighted by molar-refractivity contribution is 7.05. The van der Waals surface area contributed by atoms with E-state index in [2.05, 4.69) is 54.8 Å². The van der Waals surface area contributed by atoms with E-state index in [1.165, 1.54) is 16.4 Å². The Hall–Kier alpha value is -0.520. The predicted molar refractivity (Wildman–Crippen MR) is 73.5 cm³/mol. The molecule has 0 aliphatic heterocycles. The minimum Gasteiger partial charge on any atom is -0.315 e. The van der Waals surface area contributed by atoms with Crippen LogP contribution in [0.4, 0.5) is 0 Å². The van der Waals surface area contributed by atoms with Gasteiger partial charge in [-0.15, -0.1) is 5.10 Å². The summed E-state index contributed by atoms with van der Waals surface area (Å²) >= 11 is 1.50. The van der Waals surface area contributed by atoms with Gasteiger partial charge < -0.3 is 10.6 Å². The van der Waals surface area contributed by atoms with Crippen molar-refractivity contribution in [1.29, 1.82) is 0 Å². The van der Waals surface area contributed by atoms with Gasteiger partial charge in [0, 0.05) is 24.5 Å². The fourth-order valence-electron chi connectivity index (χ4n) is 1.59. The first-order valence-electron chi connectivity index (χ1n) is 6.21. The minimum atomic E-state index is 0.0783. The topological polar surface area (TPSA) is 49.8 Å². The molecule has 0 spiro atoms. The molecule has 1 aromatic rings. The average Bonchev–Trinajstić information content (AvgIpc) is 2.71. The molecule has 1 aromatic heterocycles. The number of aromatic nitrogens is 2. The Labute approximate surface area is 108 Å². The molecule has 0 saturated carbocycles. The molecule has 1 unspecified atom stereocenters. The van der Waals surface area contributed by atoms with Gasteiger partial charge in [0.2, 0.25) is 0 Å². The number of hydrogen-bond donors (Lipinski definition) is 2. The van der Waals surface area contributed by atoms with Crippen molar-refractivity contribution in [1.82, 2.24) is 20.2 Å². The molecule has 4 nitrogen and oxygen atoms in total. The molecule has 1 rings (SSSR count). The summed E-state index contributed by atoms with van der Waals surface area (Å²) in [6.07, 6.45) is 0. The maximum Gasteiger partial charge on any atom is 0.0854 e. The summed E-state index contributed by atoms with van der Waals surface area (Å²) in [7, 11) is 0. The number of nitrogens with one attached hydrogen (secondary N) is 2. The van der Waals surface area contributed by atoms with Crippen molar-refractivity contribution < 1.29 is 0 Å². The Kier molecular flexibility index (Phi) is 5.49. The lowest BCUT2D eigenvalue weighted by molar-refractivity contribution is 0.501. The van der Waals surface area contributed by atoms with Crippen molar-refractivity contribution in [3.63, 3.8) is 0 Å². The van der Waals surface area contributed by atoms with Gasteiger partial charge in [0.15, 0.2) is 0 Å². The van der Waals surface area contributed by atoms with Crippen LogP contribution in [-0.2, 0) is 12.0 Å². The number of hydrogen-bond acceptors (Lipinski definition) is 5. The Morgan fingerprint density at radius 3 is 2.65 bits per heavy atom. The van der Waals surface area contributed by atoms with E-state index < -0.39 is 0 Å². The van der Waals surface area contributed by atoms with Crippen molar-refractivity contribution in [2.24, 2.45) is 0 Å². The van der Waals surface area contributed by atoms with Crippen LogP contribution in [-0.4, -0.2) is 28.7 Å². The van der Waals surface area contributed by atoms with Gasteiger partial charge in [0.05, 0.1) is 10.6 Å². The van der Waals surface area contributed by atoms with Crippen molar-refractivity contribution in [2.45, 2.75) is 52.6 Å². The quantitative estimate of drug-likeness (QED) is 0.816. The van der Waals surface area contributed by atoms with E-state index in [0.717, 1.165) is 25.3 Å². The van der Waals surface area contributed by atoms with Crippen LogP contribution in [0, 0.1) is 0 Å². The predicted octanol–water partition coefficient (Wildman–Crippen LogP) is 1.92. The summed E-state index contributed by atoms with van der Waals surface area (Å²) in [5, 5.41) is 11.1. The van der Waals surface area contributed by atoms with Gasteiger partial charge in [-0.2, -0.15) is 0 Å². The number of rotatable bonds is 6. The van der Waals surface area contributed by atoms with Gasteiger partial charge in [0.1, 0.15) is 0 Å². The fraction of sp³-hybridized carbons (Fsp3) is 0.833. The molecule has 0 amide bonds. The largest absolute Gasteiger partial charge is 0.315 e. The van der Waals surface area contributed by atoms with Crippen molar-refractivity contribution in [3.05, 3.63) is 10.6 Å². The Morgan fingerprint density at radius 2 is 2.06 bits per heavy atom. The zero-order valence-corrected chi connectivity index (χ0v) is 12.3. The monoisotopic (exact) mass is 256 g/mol. The Balaban J connectivity index is 2.50. The molecular weight excluding hydrogens is 232 g/mol. The summed E-state index contributed by atoms with van der Waals surface area (Å²) in [4.78, 5) is 1.25. The SMILES string of the molecule is CCNCC(C)NCc1snnc1C(C)(C)C. The summed E-state index contributed by atoms with van der Waals surface area (Å²) in [6, 6.07) is 0.463. The van der Waals surface area contributed by atoms with Gasteiger partial charge in [-0.1, -0.05) is 32.2 Å². The van der Waals surface area contributed by atoms with E-state index >= 15 is 0 Å². The first kappa shape index (κ1) is 14.5. The molecule has 2 N–H and O–H groups in total. The zero-order chi connectivity index (χ0) is 12.9. The first-order chi connectivity index (χ1) is 7.95. The maximum atomic E-state index is 4.24. The van der Waals surface area contributed by atoms with Crippen LogP contribution in [0.1, 0.15) is 45.2 Å².